The summed E-state index contributed by atoms with van der Waals surface area (Å²) in [5, 5.41) is 0. The van der Waals surface area contributed by atoms with Crippen molar-refractivity contribution >= 4 is 15.9 Å². The van der Waals surface area contributed by atoms with Crippen LogP contribution in [0.1, 0.15) is 107 Å². The maximum absolute atomic E-state index is 12.2. The monoisotopic (exact) mass is 444 g/mol. The summed E-state index contributed by atoms with van der Waals surface area (Å²) in [6, 6.07) is 5.67. The number of carbonyl (C=O) groups is 1. The van der Waals surface area contributed by atoms with Gasteiger partial charge in [-0.1, -0.05) is 88.6 Å². The number of allylic oxidation sites excluding steroid dienone is 2. The summed E-state index contributed by atoms with van der Waals surface area (Å²) < 4.78 is 33.8. The summed E-state index contributed by atoms with van der Waals surface area (Å²) in [6.45, 7) is 2.24. The Morgan fingerprint density at radius 3 is 1.90 bits per heavy atom. The fourth-order valence-corrected chi connectivity index (χ4v) is 4.10. The smallest absolute Gasteiger partial charge is 0.744 e. The first-order chi connectivity index (χ1) is 14.0. The van der Waals surface area contributed by atoms with Crippen LogP contribution in [0.25, 0.3) is 0 Å². The molecule has 0 unspecified atom stereocenters. The molecule has 0 saturated carbocycles. The number of hydrogen-bond donors (Lipinski definition) is 0. The van der Waals surface area contributed by atoms with Gasteiger partial charge in [0.15, 0.2) is 5.78 Å². The predicted molar refractivity (Wildman–Crippen MR) is 118 cm³/mol. The second-order valence-corrected chi connectivity index (χ2v) is 9.06. The summed E-state index contributed by atoms with van der Waals surface area (Å²) >= 11 is 0. The summed E-state index contributed by atoms with van der Waals surface area (Å²) in [5.41, 5.74) is 0.0259. The van der Waals surface area contributed by atoms with Crippen LogP contribution < -0.4 is 29.6 Å². The molecule has 0 heterocycles. The zero-order chi connectivity index (χ0) is 21.4. The fraction of sp³-hybridized carbons (Fsp3) is 0.625. The number of carbonyl (C=O) groups excluding carboxylic acids is 1. The van der Waals surface area contributed by atoms with E-state index in [0.717, 1.165) is 38.5 Å². The van der Waals surface area contributed by atoms with Gasteiger partial charge in [0, 0.05) is 12.0 Å². The van der Waals surface area contributed by atoms with Crippen LogP contribution in [0.2, 0.25) is 0 Å². The Morgan fingerprint density at radius 2 is 1.33 bits per heavy atom. The molecule has 0 aromatic heterocycles. The maximum Gasteiger partial charge on any atom is 1.00 e. The predicted octanol–water partition coefficient (Wildman–Crippen LogP) is 3.81. The summed E-state index contributed by atoms with van der Waals surface area (Å²) in [7, 11) is -4.62. The summed E-state index contributed by atoms with van der Waals surface area (Å²) in [6.07, 6.45) is 20.3. The van der Waals surface area contributed by atoms with E-state index in [9.17, 15) is 17.8 Å². The first-order valence-electron chi connectivity index (χ1n) is 11.2. The number of ketones is 1. The molecule has 164 valence electrons. The standard InChI is InChI=1S/C24H38O4S.Na/c1-2-3-4-5-6-7-8-9-10-11-12-13-14-15-16-20-23(25)22-19-17-18-21-24(22)29(26,27)28;/h9-10,17-19,21H,2-8,11-16,20H2,1H3,(H,26,27,28);/q;+1/p-1/b10-9-;. The fourth-order valence-electron chi connectivity index (χ4n) is 3.41. The van der Waals surface area contributed by atoms with Crippen LogP contribution in [-0.4, -0.2) is 18.8 Å². The summed E-state index contributed by atoms with van der Waals surface area (Å²) in [4.78, 5) is 11.8. The molecular weight excluding hydrogens is 407 g/mol. The van der Waals surface area contributed by atoms with Gasteiger partial charge in [0.1, 0.15) is 10.1 Å². The molecule has 6 heteroatoms. The molecule has 0 saturated heterocycles. The van der Waals surface area contributed by atoms with Gasteiger partial charge in [-0.05, 0) is 38.2 Å². The van der Waals surface area contributed by atoms with Crippen molar-refractivity contribution in [1.82, 2.24) is 0 Å². The molecule has 0 spiro atoms. The van der Waals surface area contributed by atoms with Gasteiger partial charge in [0.2, 0.25) is 0 Å². The van der Waals surface area contributed by atoms with Crippen LogP contribution in [0.4, 0.5) is 0 Å². The van der Waals surface area contributed by atoms with Crippen molar-refractivity contribution in [1.29, 1.82) is 0 Å². The normalized spacial score (nSPS) is 11.5. The zero-order valence-corrected chi connectivity index (χ0v) is 21.7. The topological polar surface area (TPSA) is 74.3 Å². The van der Waals surface area contributed by atoms with Crippen molar-refractivity contribution < 1.29 is 47.3 Å². The Hall–Kier alpha value is -0.460. The van der Waals surface area contributed by atoms with E-state index in [2.05, 4.69) is 19.1 Å². The van der Waals surface area contributed by atoms with Crippen LogP contribution in [0.15, 0.2) is 41.3 Å². The van der Waals surface area contributed by atoms with Gasteiger partial charge in [-0.15, -0.1) is 0 Å². The molecule has 1 rings (SSSR count). The van der Waals surface area contributed by atoms with Crippen LogP contribution in [-0.2, 0) is 10.1 Å². The second-order valence-electron chi connectivity index (χ2n) is 7.71. The van der Waals surface area contributed by atoms with Gasteiger partial charge in [0.25, 0.3) is 0 Å². The first-order valence-corrected chi connectivity index (χ1v) is 12.6. The Kier molecular flexibility index (Phi) is 17.9. The number of Topliss-reactive ketones (excluding diaryl/α,β-unsaturated/α-hetero) is 1. The van der Waals surface area contributed by atoms with Crippen LogP contribution in [0.3, 0.4) is 0 Å². The van der Waals surface area contributed by atoms with Gasteiger partial charge in [-0.25, -0.2) is 8.42 Å². The third kappa shape index (κ3) is 13.8. The second kappa shape index (κ2) is 18.1. The maximum atomic E-state index is 12.2. The molecule has 0 aliphatic carbocycles. The number of rotatable bonds is 17. The Morgan fingerprint density at radius 1 is 0.833 bits per heavy atom. The van der Waals surface area contributed by atoms with E-state index < -0.39 is 15.0 Å². The molecule has 0 radical (unpaired) electrons. The van der Waals surface area contributed by atoms with Crippen molar-refractivity contribution in [2.24, 2.45) is 0 Å². The molecule has 0 N–H and O–H groups in total. The van der Waals surface area contributed by atoms with E-state index in [4.69, 9.17) is 0 Å². The van der Waals surface area contributed by atoms with E-state index in [0.29, 0.717) is 0 Å². The summed E-state index contributed by atoms with van der Waals surface area (Å²) in [5.74, 6) is -0.266. The van der Waals surface area contributed by atoms with Gasteiger partial charge in [0.05, 0.1) is 4.90 Å². The van der Waals surface area contributed by atoms with Crippen LogP contribution >= 0.6 is 0 Å². The average molecular weight is 445 g/mol. The van der Waals surface area contributed by atoms with Gasteiger partial charge >= 0.3 is 29.6 Å². The minimum absolute atomic E-state index is 0. The Bertz CT molecular complexity index is 714. The zero-order valence-electron chi connectivity index (χ0n) is 18.9. The number of benzene rings is 1. The van der Waals surface area contributed by atoms with Gasteiger partial charge in [-0.3, -0.25) is 4.79 Å². The largest absolute Gasteiger partial charge is 1.00 e. The molecule has 0 bridgehead atoms. The van der Waals surface area contributed by atoms with Crippen molar-refractivity contribution in [3.05, 3.63) is 42.0 Å². The third-order valence-electron chi connectivity index (χ3n) is 5.12. The van der Waals surface area contributed by atoms with E-state index in [1.165, 1.54) is 63.1 Å². The quantitative estimate of drug-likeness (QED) is 0.120. The van der Waals surface area contributed by atoms with E-state index in [1.54, 1.807) is 6.07 Å². The Labute approximate surface area is 206 Å². The van der Waals surface area contributed by atoms with Crippen LogP contribution in [0, 0.1) is 0 Å². The third-order valence-corrected chi connectivity index (χ3v) is 6.02. The number of unbranched alkanes of at least 4 members (excludes halogenated alkanes) is 11. The van der Waals surface area contributed by atoms with Crippen molar-refractivity contribution in [3.8, 4) is 0 Å². The molecule has 4 nitrogen and oxygen atoms in total. The van der Waals surface area contributed by atoms with Gasteiger partial charge in [-0.2, -0.15) is 0 Å². The molecule has 0 aliphatic rings. The van der Waals surface area contributed by atoms with Crippen LogP contribution in [0.5, 0.6) is 0 Å². The molecule has 0 fully saturated rings. The SMILES string of the molecule is CCCCCCCC/C=C\CCCCCCCC(=O)c1ccccc1S(=O)(=O)[O-].[Na+]. The Balaban J connectivity index is 0.00000841. The van der Waals surface area contributed by atoms with Crippen molar-refractivity contribution in [2.45, 2.75) is 102 Å². The average Bonchev–Trinajstić information content (AvgIpc) is 2.70. The van der Waals surface area contributed by atoms with Crippen molar-refractivity contribution in [3.63, 3.8) is 0 Å². The molecule has 1 aromatic carbocycles. The molecule has 0 amide bonds. The molecule has 0 atom stereocenters. The molecule has 30 heavy (non-hydrogen) atoms. The minimum atomic E-state index is -4.62. The van der Waals surface area contributed by atoms with E-state index in [1.807, 2.05) is 0 Å². The van der Waals surface area contributed by atoms with E-state index in [-0.39, 0.29) is 47.3 Å². The minimum Gasteiger partial charge on any atom is -0.744 e. The molecule has 1 aromatic rings. The molecule has 0 aliphatic heterocycles. The first kappa shape index (κ1) is 29.5. The van der Waals surface area contributed by atoms with Crippen molar-refractivity contribution in [2.75, 3.05) is 0 Å². The van der Waals surface area contributed by atoms with Gasteiger partial charge < -0.3 is 4.55 Å². The van der Waals surface area contributed by atoms with E-state index >= 15 is 0 Å². The number of hydrogen-bond acceptors (Lipinski definition) is 4. The molecular formula is C24H37NaO4S.